The zero-order valence-corrected chi connectivity index (χ0v) is 11.5. The first kappa shape index (κ1) is 13.6. The van der Waals surface area contributed by atoms with Gasteiger partial charge in [0.2, 0.25) is 0 Å². The predicted octanol–water partition coefficient (Wildman–Crippen LogP) is 2.59. The molecule has 0 aliphatic carbocycles. The fraction of sp³-hybridized carbons (Fsp3) is 0.750. The molecule has 0 fully saturated rings. The second kappa shape index (κ2) is 5.75. The molecule has 0 saturated heterocycles. The van der Waals surface area contributed by atoms with Gasteiger partial charge in [-0.3, -0.25) is 16.3 Å². The Morgan fingerprint density at radius 3 is 2.62 bits per heavy atom. The Bertz CT molecular complexity index is 290. The van der Waals surface area contributed by atoms with E-state index < -0.39 is 0 Å². The van der Waals surface area contributed by atoms with Gasteiger partial charge in [0.25, 0.3) is 0 Å². The summed E-state index contributed by atoms with van der Waals surface area (Å²) in [6, 6.07) is 0.342. The Morgan fingerprint density at radius 1 is 1.50 bits per heavy atom. The quantitative estimate of drug-likeness (QED) is 0.615. The summed E-state index contributed by atoms with van der Waals surface area (Å²) in [5.41, 5.74) is 5.13. The molecule has 3 N–H and O–H groups in total. The van der Waals surface area contributed by atoms with Crippen molar-refractivity contribution in [2.45, 2.75) is 46.6 Å². The molecule has 0 aliphatic rings. The number of thiazole rings is 1. The zero-order valence-electron chi connectivity index (χ0n) is 10.7. The molecule has 1 rings (SSSR count). The van der Waals surface area contributed by atoms with Gasteiger partial charge in [0.1, 0.15) is 0 Å². The van der Waals surface area contributed by atoms with Crippen molar-refractivity contribution < 1.29 is 0 Å². The number of rotatable bonds is 5. The van der Waals surface area contributed by atoms with E-state index >= 15 is 0 Å². The van der Waals surface area contributed by atoms with Crippen molar-refractivity contribution in [3.8, 4) is 0 Å². The Labute approximate surface area is 102 Å². The first-order valence-electron chi connectivity index (χ1n) is 5.77. The molecule has 1 aromatic heterocycles. The molecular weight excluding hydrogens is 218 g/mol. The normalized spacial score (nSPS) is 16.1. The molecule has 0 spiro atoms. The van der Waals surface area contributed by atoms with Gasteiger partial charge in [-0.2, -0.15) is 0 Å². The average Bonchev–Trinajstić information content (AvgIpc) is 2.67. The summed E-state index contributed by atoms with van der Waals surface area (Å²) in [4.78, 5) is 5.38. The number of hydrogen-bond donors (Lipinski definition) is 2. The van der Waals surface area contributed by atoms with Crippen molar-refractivity contribution in [2.75, 3.05) is 0 Å². The van der Waals surface area contributed by atoms with Gasteiger partial charge >= 0.3 is 0 Å². The molecule has 4 heteroatoms. The number of aromatic nitrogens is 1. The summed E-state index contributed by atoms with van der Waals surface area (Å²) in [7, 11) is 0. The third kappa shape index (κ3) is 4.20. The molecule has 0 bridgehead atoms. The topological polar surface area (TPSA) is 50.9 Å². The van der Waals surface area contributed by atoms with Crippen LogP contribution in [-0.4, -0.2) is 11.0 Å². The summed E-state index contributed by atoms with van der Waals surface area (Å²) in [5.74, 6) is 6.26. The van der Waals surface area contributed by atoms with E-state index in [2.05, 4.69) is 38.1 Å². The second-order valence-corrected chi connectivity index (χ2v) is 6.51. The number of nitrogens with one attached hydrogen (secondary N) is 1. The van der Waals surface area contributed by atoms with Crippen LogP contribution in [-0.2, 0) is 6.42 Å². The Morgan fingerprint density at radius 2 is 2.19 bits per heavy atom. The van der Waals surface area contributed by atoms with Crippen LogP contribution in [0, 0.1) is 11.3 Å². The minimum atomic E-state index is 0.336. The van der Waals surface area contributed by atoms with E-state index in [0.717, 1.165) is 12.8 Å². The zero-order chi connectivity index (χ0) is 12.2. The molecule has 0 saturated carbocycles. The predicted molar refractivity (Wildman–Crippen MR) is 70.2 cm³/mol. The molecular formula is C12H23N3S. The van der Waals surface area contributed by atoms with Crippen LogP contribution in [0.2, 0.25) is 0 Å². The average molecular weight is 241 g/mol. The largest absolute Gasteiger partial charge is 0.271 e. The van der Waals surface area contributed by atoms with E-state index in [9.17, 15) is 0 Å². The number of hydrazine groups is 1. The summed E-state index contributed by atoms with van der Waals surface area (Å²) in [5, 5.41) is 0. The van der Waals surface area contributed by atoms with Crippen LogP contribution in [0.3, 0.4) is 0 Å². The maximum Gasteiger partial charge on any atom is 0.0794 e. The lowest BCUT2D eigenvalue weighted by Gasteiger charge is -2.30. The highest BCUT2D eigenvalue weighted by molar-refractivity contribution is 7.09. The smallest absolute Gasteiger partial charge is 0.0794 e. The molecule has 3 nitrogen and oxygen atoms in total. The summed E-state index contributed by atoms with van der Waals surface area (Å²) >= 11 is 1.69. The Balaban J connectivity index is 2.49. The van der Waals surface area contributed by atoms with E-state index in [-0.39, 0.29) is 0 Å². The molecule has 1 aromatic rings. The minimum absolute atomic E-state index is 0.336. The van der Waals surface area contributed by atoms with Gasteiger partial charge in [-0.25, -0.2) is 0 Å². The van der Waals surface area contributed by atoms with Crippen molar-refractivity contribution in [2.24, 2.45) is 17.2 Å². The molecule has 0 aromatic carbocycles. The summed E-state index contributed by atoms with van der Waals surface area (Å²) in [6.45, 7) is 9.12. The van der Waals surface area contributed by atoms with Crippen molar-refractivity contribution in [3.05, 3.63) is 16.6 Å². The maximum absolute atomic E-state index is 5.62. The van der Waals surface area contributed by atoms with E-state index in [1.807, 2.05) is 11.7 Å². The molecule has 2 unspecified atom stereocenters. The molecule has 0 radical (unpaired) electrons. The fourth-order valence-electron chi connectivity index (χ4n) is 1.58. The van der Waals surface area contributed by atoms with E-state index in [1.165, 1.54) is 4.88 Å². The fourth-order valence-corrected chi connectivity index (χ4v) is 2.25. The van der Waals surface area contributed by atoms with Crippen LogP contribution in [0.5, 0.6) is 0 Å². The van der Waals surface area contributed by atoms with Gasteiger partial charge < -0.3 is 0 Å². The van der Waals surface area contributed by atoms with Crippen molar-refractivity contribution in [1.29, 1.82) is 0 Å². The van der Waals surface area contributed by atoms with Crippen molar-refractivity contribution >= 4 is 11.3 Å². The van der Waals surface area contributed by atoms with Crippen LogP contribution in [0.15, 0.2) is 11.7 Å². The van der Waals surface area contributed by atoms with Crippen molar-refractivity contribution in [3.63, 3.8) is 0 Å². The van der Waals surface area contributed by atoms with E-state index in [4.69, 9.17) is 5.84 Å². The first-order chi connectivity index (χ1) is 7.43. The highest BCUT2D eigenvalue weighted by atomic mass is 32.1. The third-order valence-electron chi connectivity index (χ3n) is 3.28. The standard InChI is InChI=1S/C12H23N3S/c1-9(12(2,3)4)5-10(15-13)6-11-7-14-8-16-11/h7-10,15H,5-6,13H2,1-4H3. The van der Waals surface area contributed by atoms with Crippen LogP contribution >= 0.6 is 11.3 Å². The lowest BCUT2D eigenvalue weighted by atomic mass is 9.78. The first-order valence-corrected chi connectivity index (χ1v) is 6.65. The summed E-state index contributed by atoms with van der Waals surface area (Å²) in [6.07, 6.45) is 4.00. The number of nitrogens with zero attached hydrogens (tertiary/aromatic N) is 1. The van der Waals surface area contributed by atoms with Crippen LogP contribution in [0.4, 0.5) is 0 Å². The minimum Gasteiger partial charge on any atom is -0.271 e. The molecule has 0 amide bonds. The number of hydrogen-bond acceptors (Lipinski definition) is 4. The van der Waals surface area contributed by atoms with E-state index in [0.29, 0.717) is 17.4 Å². The Hall–Kier alpha value is -0.450. The highest BCUT2D eigenvalue weighted by Crippen LogP contribution is 2.29. The van der Waals surface area contributed by atoms with Crippen LogP contribution < -0.4 is 11.3 Å². The van der Waals surface area contributed by atoms with Gasteiger partial charge in [-0.05, 0) is 17.8 Å². The van der Waals surface area contributed by atoms with Crippen LogP contribution in [0.25, 0.3) is 0 Å². The molecule has 92 valence electrons. The SMILES string of the molecule is CC(CC(Cc1cncs1)NN)C(C)(C)C. The van der Waals surface area contributed by atoms with Gasteiger partial charge in [-0.1, -0.05) is 27.7 Å². The maximum atomic E-state index is 5.62. The Kier molecular flexibility index (Phi) is 4.89. The number of nitrogens with two attached hydrogens (primary N) is 1. The lowest BCUT2D eigenvalue weighted by molar-refractivity contribution is 0.222. The van der Waals surface area contributed by atoms with Crippen LogP contribution in [0.1, 0.15) is 39.0 Å². The van der Waals surface area contributed by atoms with Gasteiger partial charge in [0, 0.05) is 23.5 Å². The van der Waals surface area contributed by atoms with E-state index in [1.54, 1.807) is 11.3 Å². The molecule has 16 heavy (non-hydrogen) atoms. The lowest BCUT2D eigenvalue weighted by Crippen LogP contribution is -2.39. The molecule has 2 atom stereocenters. The molecule has 0 aliphatic heterocycles. The highest BCUT2D eigenvalue weighted by Gasteiger charge is 2.23. The second-order valence-electron chi connectivity index (χ2n) is 5.54. The summed E-state index contributed by atoms with van der Waals surface area (Å²) < 4.78 is 0. The van der Waals surface area contributed by atoms with Gasteiger partial charge in [0.05, 0.1) is 5.51 Å². The molecule has 1 heterocycles. The van der Waals surface area contributed by atoms with Gasteiger partial charge in [0.15, 0.2) is 0 Å². The third-order valence-corrected chi connectivity index (χ3v) is 4.09. The van der Waals surface area contributed by atoms with Gasteiger partial charge in [-0.15, -0.1) is 11.3 Å². The van der Waals surface area contributed by atoms with Crippen molar-refractivity contribution in [1.82, 2.24) is 10.4 Å². The monoisotopic (exact) mass is 241 g/mol.